The Bertz CT molecular complexity index is 1200. The van der Waals surface area contributed by atoms with E-state index in [1.54, 1.807) is 6.92 Å². The number of rotatable bonds is 7. The highest BCUT2D eigenvalue weighted by Crippen LogP contribution is 2.44. The number of alkyl carbamates (subject to hydrolysis) is 1. The maximum absolute atomic E-state index is 12.3. The largest absolute Gasteiger partial charge is 0.478 e. The van der Waals surface area contributed by atoms with Crippen molar-refractivity contribution in [1.29, 1.82) is 0 Å². The molecule has 0 aliphatic heterocycles. The molecule has 0 spiro atoms. The van der Waals surface area contributed by atoms with Gasteiger partial charge in [-0.25, -0.2) is 9.59 Å². The molecular weight excluding hydrogens is 436 g/mol. The zero-order valence-corrected chi connectivity index (χ0v) is 18.6. The molecule has 8 heteroatoms. The smallest absolute Gasteiger partial charge is 0.407 e. The summed E-state index contributed by atoms with van der Waals surface area (Å²) in [6.07, 6.45) is -3.66. The van der Waals surface area contributed by atoms with E-state index in [1.807, 2.05) is 48.5 Å². The first-order valence-electron chi connectivity index (χ1n) is 10.9. The number of aliphatic hydroxyl groups is 2. The zero-order valence-electron chi connectivity index (χ0n) is 18.6. The number of hydrogen-bond acceptors (Lipinski definition) is 6. The Hall–Kier alpha value is -3.88. The van der Waals surface area contributed by atoms with Gasteiger partial charge >= 0.3 is 12.1 Å². The second-order valence-electron chi connectivity index (χ2n) is 8.34. The van der Waals surface area contributed by atoms with E-state index < -0.39 is 24.3 Å². The fraction of sp³-hybridized carbons (Fsp3) is 0.231. The van der Waals surface area contributed by atoms with Crippen molar-refractivity contribution >= 4 is 17.7 Å². The van der Waals surface area contributed by atoms with E-state index in [4.69, 9.17) is 10.5 Å². The fourth-order valence-electron chi connectivity index (χ4n) is 4.40. The molecule has 34 heavy (non-hydrogen) atoms. The topological polar surface area (TPSA) is 142 Å². The third-order valence-corrected chi connectivity index (χ3v) is 6.07. The first-order chi connectivity index (χ1) is 16.3. The summed E-state index contributed by atoms with van der Waals surface area (Å²) in [4.78, 5) is 23.7. The maximum Gasteiger partial charge on any atom is 0.407 e. The molecule has 0 saturated heterocycles. The summed E-state index contributed by atoms with van der Waals surface area (Å²) >= 11 is 0. The van der Waals surface area contributed by atoms with Gasteiger partial charge in [0.05, 0.1) is 11.3 Å². The Morgan fingerprint density at radius 3 is 2.21 bits per heavy atom. The third kappa shape index (κ3) is 4.46. The van der Waals surface area contributed by atoms with Crippen molar-refractivity contribution < 1.29 is 29.6 Å². The number of nitrogens with one attached hydrogen (secondary N) is 1. The lowest BCUT2D eigenvalue weighted by Crippen LogP contribution is -2.36. The van der Waals surface area contributed by atoms with Crippen LogP contribution in [0.4, 0.5) is 10.5 Å². The number of carbonyl (C=O) groups excluding carboxylic acids is 1. The predicted molar refractivity (Wildman–Crippen MR) is 127 cm³/mol. The van der Waals surface area contributed by atoms with Gasteiger partial charge in [-0.3, -0.25) is 0 Å². The molecule has 0 radical (unpaired) electrons. The lowest BCUT2D eigenvalue weighted by atomic mass is 9.96. The second kappa shape index (κ2) is 9.54. The quantitative estimate of drug-likeness (QED) is 0.339. The van der Waals surface area contributed by atoms with E-state index in [-0.39, 0.29) is 35.9 Å². The summed E-state index contributed by atoms with van der Waals surface area (Å²) in [5, 5.41) is 32.6. The average Bonchev–Trinajstić information content (AvgIpc) is 3.15. The first kappa shape index (κ1) is 23.3. The summed E-state index contributed by atoms with van der Waals surface area (Å²) in [7, 11) is 0. The number of aromatic carboxylic acids is 1. The number of carboxylic acids is 1. The van der Waals surface area contributed by atoms with Crippen molar-refractivity contribution in [1.82, 2.24) is 5.32 Å². The number of aryl methyl sites for hydroxylation is 1. The van der Waals surface area contributed by atoms with Gasteiger partial charge < -0.3 is 31.1 Å². The number of hydrogen-bond donors (Lipinski definition) is 5. The molecule has 0 bridgehead atoms. The number of aliphatic hydroxyl groups excluding tert-OH is 2. The van der Waals surface area contributed by atoms with Crippen LogP contribution in [-0.4, -0.2) is 46.6 Å². The first-order valence-corrected chi connectivity index (χ1v) is 10.9. The number of carbonyl (C=O) groups is 2. The number of anilines is 1. The van der Waals surface area contributed by atoms with Gasteiger partial charge in [-0.15, -0.1) is 0 Å². The van der Waals surface area contributed by atoms with Crippen LogP contribution < -0.4 is 11.1 Å². The molecule has 8 nitrogen and oxygen atoms in total. The molecular formula is C26H26N2O6. The molecule has 3 aromatic carbocycles. The van der Waals surface area contributed by atoms with Crippen LogP contribution in [-0.2, 0) is 4.74 Å². The van der Waals surface area contributed by atoms with E-state index in [9.17, 15) is 24.9 Å². The minimum atomic E-state index is -1.49. The predicted octanol–water partition coefficient (Wildman–Crippen LogP) is 3.21. The maximum atomic E-state index is 12.3. The Morgan fingerprint density at radius 1 is 1.03 bits per heavy atom. The van der Waals surface area contributed by atoms with Crippen molar-refractivity contribution in [2.75, 3.05) is 18.9 Å². The average molecular weight is 463 g/mol. The highest BCUT2D eigenvalue weighted by molar-refractivity contribution is 5.94. The normalized spacial score (nSPS) is 14.1. The van der Waals surface area contributed by atoms with Gasteiger partial charge in [0.1, 0.15) is 18.8 Å². The Kier molecular flexibility index (Phi) is 6.54. The summed E-state index contributed by atoms with van der Waals surface area (Å²) < 4.78 is 5.42. The van der Waals surface area contributed by atoms with Gasteiger partial charge in [-0.05, 0) is 40.8 Å². The number of nitrogen functional groups attached to an aromatic ring is 1. The van der Waals surface area contributed by atoms with Gasteiger partial charge in [-0.2, -0.15) is 0 Å². The fourth-order valence-corrected chi connectivity index (χ4v) is 4.40. The molecule has 1 aliphatic rings. The monoisotopic (exact) mass is 462 g/mol. The van der Waals surface area contributed by atoms with Crippen LogP contribution in [0.2, 0.25) is 0 Å². The number of nitrogens with two attached hydrogens (primary N) is 1. The zero-order chi connectivity index (χ0) is 24.4. The number of carboxylic acid groups (broad SMARTS) is 1. The molecule has 6 N–H and O–H groups in total. The molecule has 2 unspecified atom stereocenters. The lowest BCUT2D eigenvalue weighted by Gasteiger charge is -2.21. The number of benzene rings is 3. The molecule has 0 aromatic heterocycles. The molecule has 1 amide bonds. The number of amides is 1. The van der Waals surface area contributed by atoms with E-state index in [0.29, 0.717) is 5.56 Å². The summed E-state index contributed by atoms with van der Waals surface area (Å²) in [5.74, 6) is -1.34. The van der Waals surface area contributed by atoms with Crippen LogP contribution >= 0.6 is 0 Å². The van der Waals surface area contributed by atoms with Crippen molar-refractivity contribution in [2.24, 2.45) is 0 Å². The van der Waals surface area contributed by atoms with Gasteiger partial charge in [0.25, 0.3) is 0 Å². The Balaban J connectivity index is 1.37. The van der Waals surface area contributed by atoms with E-state index in [1.165, 1.54) is 12.1 Å². The van der Waals surface area contributed by atoms with Crippen molar-refractivity contribution in [3.8, 4) is 11.1 Å². The van der Waals surface area contributed by atoms with Gasteiger partial charge in [-0.1, -0.05) is 54.6 Å². The van der Waals surface area contributed by atoms with Crippen LogP contribution in [0.25, 0.3) is 11.1 Å². The van der Waals surface area contributed by atoms with Gasteiger partial charge in [0, 0.05) is 18.0 Å². The summed E-state index contributed by atoms with van der Waals surface area (Å²) in [6.45, 7) is 1.46. The van der Waals surface area contributed by atoms with Crippen LogP contribution in [0.15, 0.2) is 60.7 Å². The molecule has 2 atom stereocenters. The van der Waals surface area contributed by atoms with Crippen molar-refractivity contribution in [3.63, 3.8) is 0 Å². The van der Waals surface area contributed by atoms with Crippen LogP contribution in [0.3, 0.4) is 0 Å². The minimum absolute atomic E-state index is 0.0826. The van der Waals surface area contributed by atoms with Gasteiger partial charge in [0.2, 0.25) is 0 Å². The van der Waals surface area contributed by atoms with Crippen LogP contribution in [0, 0.1) is 6.92 Å². The Morgan fingerprint density at radius 2 is 1.62 bits per heavy atom. The third-order valence-electron chi connectivity index (χ3n) is 6.07. The highest BCUT2D eigenvalue weighted by atomic mass is 16.5. The number of fused-ring (bicyclic) bond motifs is 3. The number of ether oxygens (including phenoxy) is 1. The Labute approximate surface area is 196 Å². The highest BCUT2D eigenvalue weighted by Gasteiger charge is 2.29. The standard InChI is InChI=1S/C26H26N2O6/c1-14-10-19(23(27)20(11-14)25(31)32)24(30)22(29)12-28-26(33)34-13-21-17-8-4-2-6-15(17)16-7-3-5-9-18(16)21/h2-11,21-22,24,29-30H,12-13,27H2,1H3,(H,28,33)(H,31,32). The summed E-state index contributed by atoms with van der Waals surface area (Å²) in [5.41, 5.74) is 10.6. The SMILES string of the molecule is Cc1cc(C(=O)O)c(N)c(C(O)C(O)CNC(=O)OCC2c3ccccc3-c3ccccc32)c1. The molecule has 0 fully saturated rings. The lowest BCUT2D eigenvalue weighted by molar-refractivity contribution is 0.0189. The summed E-state index contributed by atoms with van der Waals surface area (Å²) in [6, 6.07) is 18.8. The van der Waals surface area contributed by atoms with Crippen LogP contribution in [0.5, 0.6) is 0 Å². The van der Waals surface area contributed by atoms with Crippen molar-refractivity contribution in [3.05, 3.63) is 88.5 Å². The molecule has 176 valence electrons. The molecule has 0 saturated carbocycles. The van der Waals surface area contributed by atoms with E-state index in [0.717, 1.165) is 22.3 Å². The molecule has 3 aromatic rings. The van der Waals surface area contributed by atoms with Crippen LogP contribution in [0.1, 0.15) is 44.6 Å². The molecule has 0 heterocycles. The second-order valence-corrected chi connectivity index (χ2v) is 8.34. The van der Waals surface area contributed by atoms with Gasteiger partial charge in [0.15, 0.2) is 0 Å². The van der Waals surface area contributed by atoms with Crippen molar-refractivity contribution in [2.45, 2.75) is 25.0 Å². The molecule has 4 rings (SSSR count). The van der Waals surface area contributed by atoms with E-state index in [2.05, 4.69) is 5.32 Å². The van der Waals surface area contributed by atoms with E-state index >= 15 is 0 Å². The molecule has 1 aliphatic carbocycles. The minimum Gasteiger partial charge on any atom is -0.478 e.